The van der Waals surface area contributed by atoms with E-state index in [2.05, 4.69) is 14.7 Å². The van der Waals surface area contributed by atoms with Crippen molar-refractivity contribution < 1.29 is 17.0 Å². The number of halogens is 2. The average molecular weight is 605 g/mol. The van der Waals surface area contributed by atoms with E-state index in [9.17, 15) is 22.4 Å². The highest BCUT2D eigenvalue weighted by atomic mass is 35.5. The highest BCUT2D eigenvalue weighted by Crippen LogP contribution is 2.39. The smallest absolute Gasteiger partial charge is 0.225 e. The molecule has 2 heterocycles. The number of nitrogens with one attached hydrogen (secondary N) is 2. The quantitative estimate of drug-likeness (QED) is 0.287. The van der Waals surface area contributed by atoms with Gasteiger partial charge in [-0.1, -0.05) is 17.7 Å². The summed E-state index contributed by atoms with van der Waals surface area (Å²) in [5.41, 5.74) is 0.877. The molecule has 0 bridgehead atoms. The summed E-state index contributed by atoms with van der Waals surface area (Å²) in [6.45, 7) is 4.87. The number of aromatic nitrogens is 2. The number of piperazine rings is 1. The second-order valence-corrected chi connectivity index (χ2v) is 14.3. The van der Waals surface area contributed by atoms with Gasteiger partial charge >= 0.3 is 0 Å². The summed E-state index contributed by atoms with van der Waals surface area (Å²) in [6, 6.07) is 11.1. The Labute approximate surface area is 240 Å². The van der Waals surface area contributed by atoms with Crippen molar-refractivity contribution >= 4 is 49.9 Å². The molecule has 2 aromatic carbocycles. The molecule has 1 aliphatic carbocycles. The van der Waals surface area contributed by atoms with Crippen LogP contribution < -0.4 is 9.62 Å². The molecule has 1 aliphatic heterocycles. The van der Waals surface area contributed by atoms with Gasteiger partial charge in [0.2, 0.25) is 5.95 Å². The molecule has 0 radical (unpaired) electrons. The van der Waals surface area contributed by atoms with Crippen molar-refractivity contribution in [3.63, 3.8) is 0 Å². The molecule has 2 fully saturated rings. The van der Waals surface area contributed by atoms with Crippen LogP contribution in [0, 0.1) is 17.1 Å². The second kappa shape index (κ2) is 11.4. The second-order valence-electron chi connectivity index (χ2n) is 10.2. The topological polar surface area (TPSA) is 119 Å². The first-order chi connectivity index (χ1) is 19.1. The van der Waals surface area contributed by atoms with Gasteiger partial charge in [0.05, 0.1) is 49.7 Å². The number of rotatable bonds is 8. The summed E-state index contributed by atoms with van der Waals surface area (Å²) in [6.07, 6.45) is 4.41. The zero-order valence-electron chi connectivity index (χ0n) is 22.0. The first-order valence-electron chi connectivity index (χ1n) is 12.9. The van der Waals surface area contributed by atoms with Gasteiger partial charge in [-0.2, -0.15) is 0 Å². The van der Waals surface area contributed by atoms with E-state index >= 15 is 0 Å². The van der Waals surface area contributed by atoms with Crippen molar-refractivity contribution in [1.29, 1.82) is 5.41 Å². The minimum absolute atomic E-state index is 0.0139. The van der Waals surface area contributed by atoms with Crippen LogP contribution in [0.1, 0.15) is 32.3 Å². The highest BCUT2D eigenvalue weighted by Gasteiger charge is 2.41. The van der Waals surface area contributed by atoms with Gasteiger partial charge in [0, 0.05) is 19.6 Å². The Morgan fingerprint density at radius 3 is 2.42 bits per heavy atom. The molecular formula is C27H30ClFN6O3S2. The van der Waals surface area contributed by atoms with Gasteiger partial charge in [-0.05, 0) is 69.0 Å². The molecule has 9 nitrogen and oxygen atoms in total. The zero-order chi connectivity index (χ0) is 28.6. The lowest BCUT2D eigenvalue weighted by Crippen LogP contribution is -2.56. The maximum atomic E-state index is 13.3. The van der Waals surface area contributed by atoms with E-state index in [1.807, 2.05) is 9.80 Å². The molecule has 1 aromatic heterocycles. The standard InChI is InChI=1S/C27H30ClFN6O3S2/c1-17(2)40(37,38)21-10-8-20(9-11-21)39(36)33-23-5-3-4-22(28)25(23)26(30)35-13-12-34(16-24(35)18-6-7-18)27-31-14-19(29)15-32-27/h3-5,8-11,14-15,17-18,24,30,33H,6-7,12-13,16H2,1-2H3. The Morgan fingerprint density at radius 2 is 1.80 bits per heavy atom. The minimum Gasteiger partial charge on any atom is -0.350 e. The summed E-state index contributed by atoms with van der Waals surface area (Å²) in [7, 11) is -5.18. The fourth-order valence-electron chi connectivity index (χ4n) is 4.80. The van der Waals surface area contributed by atoms with E-state index in [1.165, 1.54) is 24.3 Å². The summed E-state index contributed by atoms with van der Waals surface area (Å²) >= 11 is 6.62. The third kappa shape index (κ3) is 5.84. The molecule has 1 saturated heterocycles. The van der Waals surface area contributed by atoms with Gasteiger partial charge in [-0.15, -0.1) is 0 Å². The number of sulfone groups is 1. The maximum Gasteiger partial charge on any atom is 0.225 e. The molecule has 13 heteroatoms. The molecule has 2 N–H and O–H groups in total. The third-order valence-electron chi connectivity index (χ3n) is 7.20. The van der Waals surface area contributed by atoms with Crippen LogP contribution in [-0.4, -0.2) is 64.3 Å². The van der Waals surface area contributed by atoms with Crippen LogP contribution in [0.2, 0.25) is 5.02 Å². The Kier molecular flexibility index (Phi) is 8.12. The molecule has 2 aliphatic rings. The van der Waals surface area contributed by atoms with Gasteiger partial charge in [0.1, 0.15) is 16.8 Å². The monoisotopic (exact) mass is 604 g/mol. The molecule has 0 amide bonds. The molecule has 2 atom stereocenters. The van der Waals surface area contributed by atoms with E-state index in [1.54, 1.807) is 32.0 Å². The van der Waals surface area contributed by atoms with Crippen LogP contribution in [0.3, 0.4) is 0 Å². The van der Waals surface area contributed by atoms with E-state index < -0.39 is 31.9 Å². The van der Waals surface area contributed by atoms with Crippen LogP contribution in [0.25, 0.3) is 0 Å². The minimum atomic E-state index is -3.44. The zero-order valence-corrected chi connectivity index (χ0v) is 24.4. The maximum absolute atomic E-state index is 13.3. The average Bonchev–Trinajstić information content (AvgIpc) is 3.79. The number of nitrogens with zero attached hydrogens (tertiary/aromatic N) is 4. The lowest BCUT2D eigenvalue weighted by atomic mass is 10.0. The van der Waals surface area contributed by atoms with Crippen molar-refractivity contribution in [3.05, 3.63) is 71.3 Å². The van der Waals surface area contributed by atoms with E-state index in [0.717, 1.165) is 25.2 Å². The highest BCUT2D eigenvalue weighted by molar-refractivity contribution is 7.92. The first-order valence-corrected chi connectivity index (χ1v) is 16.0. The van der Waals surface area contributed by atoms with E-state index in [4.69, 9.17) is 11.6 Å². The Morgan fingerprint density at radius 1 is 1.12 bits per heavy atom. The van der Waals surface area contributed by atoms with Crippen LogP contribution in [0.5, 0.6) is 0 Å². The molecule has 0 spiro atoms. The lowest BCUT2D eigenvalue weighted by Gasteiger charge is -2.43. The SMILES string of the molecule is CC(C)S(=O)(=O)c1ccc(S(=O)Nc2cccc(Cl)c2C(=N)N2CCN(c3ncc(F)cn3)CC2C2CC2)cc1. The fourth-order valence-corrected chi connectivity index (χ4v) is 6.99. The van der Waals surface area contributed by atoms with Crippen molar-refractivity contribution in [2.75, 3.05) is 29.3 Å². The van der Waals surface area contributed by atoms with Gasteiger partial charge in [0.15, 0.2) is 15.7 Å². The normalized spacial score (nSPS) is 18.6. The number of hydrogen-bond acceptors (Lipinski definition) is 7. The summed E-state index contributed by atoms with van der Waals surface area (Å²) < 4.78 is 54.5. The number of anilines is 2. The van der Waals surface area contributed by atoms with E-state index in [0.29, 0.717) is 52.7 Å². The van der Waals surface area contributed by atoms with Gasteiger partial charge < -0.3 is 14.5 Å². The molecule has 5 rings (SSSR count). The number of amidine groups is 1. The predicted molar refractivity (Wildman–Crippen MR) is 154 cm³/mol. The van der Waals surface area contributed by atoms with Gasteiger partial charge in [-0.25, -0.2) is 27.0 Å². The van der Waals surface area contributed by atoms with Crippen LogP contribution in [-0.2, 0) is 20.8 Å². The van der Waals surface area contributed by atoms with Crippen LogP contribution in [0.15, 0.2) is 64.6 Å². The summed E-state index contributed by atoms with van der Waals surface area (Å²) in [5.74, 6) is 0.592. The summed E-state index contributed by atoms with van der Waals surface area (Å²) in [5, 5.41) is 8.97. The molecule has 3 aromatic rings. The molecule has 212 valence electrons. The summed E-state index contributed by atoms with van der Waals surface area (Å²) in [4.78, 5) is 12.9. The van der Waals surface area contributed by atoms with Crippen LogP contribution in [0.4, 0.5) is 16.0 Å². The van der Waals surface area contributed by atoms with E-state index in [-0.39, 0.29) is 16.8 Å². The van der Waals surface area contributed by atoms with Crippen molar-refractivity contribution in [2.45, 2.75) is 47.8 Å². The molecule has 40 heavy (non-hydrogen) atoms. The number of benzene rings is 2. The van der Waals surface area contributed by atoms with Crippen molar-refractivity contribution in [3.8, 4) is 0 Å². The molecular weight excluding hydrogens is 575 g/mol. The lowest BCUT2D eigenvalue weighted by molar-refractivity contribution is 0.252. The Balaban J connectivity index is 1.36. The molecule has 2 unspecified atom stereocenters. The largest absolute Gasteiger partial charge is 0.350 e. The fraction of sp³-hybridized carbons (Fsp3) is 0.370. The van der Waals surface area contributed by atoms with Gasteiger partial charge in [-0.3, -0.25) is 5.41 Å². The van der Waals surface area contributed by atoms with Crippen molar-refractivity contribution in [2.24, 2.45) is 5.92 Å². The van der Waals surface area contributed by atoms with Gasteiger partial charge in [0.25, 0.3) is 0 Å². The predicted octanol–water partition coefficient (Wildman–Crippen LogP) is 4.51. The first kappa shape index (κ1) is 28.4. The Hall–Kier alpha value is -3.09. The Bertz CT molecular complexity index is 1530. The molecule has 1 saturated carbocycles. The number of hydrogen-bond donors (Lipinski definition) is 2. The van der Waals surface area contributed by atoms with Crippen molar-refractivity contribution in [1.82, 2.24) is 14.9 Å². The van der Waals surface area contributed by atoms with Crippen LogP contribution >= 0.6 is 11.6 Å². The third-order valence-corrected chi connectivity index (χ3v) is 10.8.